The maximum absolute atomic E-state index is 12.4. The lowest BCUT2D eigenvalue weighted by molar-refractivity contribution is -0.145. The Kier molecular flexibility index (Phi) is 5.70. The predicted molar refractivity (Wildman–Crippen MR) is 114 cm³/mol. The van der Waals surface area contributed by atoms with Crippen molar-refractivity contribution in [2.75, 3.05) is 13.7 Å². The number of hydrogen-bond acceptors (Lipinski definition) is 6. The van der Waals surface area contributed by atoms with E-state index >= 15 is 0 Å². The molecule has 0 aliphatic heterocycles. The number of fused-ring (bicyclic) bond motifs is 2. The van der Waals surface area contributed by atoms with Crippen LogP contribution in [0.15, 0.2) is 70.0 Å². The molecule has 1 amide bonds. The largest absolute Gasteiger partial charge is 0.484 e. The molecule has 0 saturated heterocycles. The fourth-order valence-corrected chi connectivity index (χ4v) is 3.37. The Bertz CT molecular complexity index is 1310. The van der Waals surface area contributed by atoms with E-state index in [1.54, 1.807) is 18.2 Å². The van der Waals surface area contributed by atoms with Crippen LogP contribution in [0, 0.1) is 0 Å². The molecule has 0 saturated carbocycles. The minimum atomic E-state index is -0.866. The first-order valence-electron chi connectivity index (χ1n) is 9.62. The number of carbonyl (C=O) groups is 2. The van der Waals surface area contributed by atoms with Crippen molar-refractivity contribution < 1.29 is 23.5 Å². The second-order valence-corrected chi connectivity index (χ2v) is 6.95. The molecule has 0 aliphatic rings. The second kappa shape index (κ2) is 8.74. The number of esters is 1. The van der Waals surface area contributed by atoms with Crippen LogP contribution in [-0.2, 0) is 20.7 Å². The summed E-state index contributed by atoms with van der Waals surface area (Å²) < 4.78 is 15.5. The Hall–Kier alpha value is -4.07. The number of amides is 1. The molecular formula is C23H20N2O6. The first-order chi connectivity index (χ1) is 15.0. The van der Waals surface area contributed by atoms with E-state index in [1.165, 1.54) is 19.2 Å². The average molecular weight is 420 g/mol. The van der Waals surface area contributed by atoms with Gasteiger partial charge in [0.2, 0.25) is 0 Å². The summed E-state index contributed by atoms with van der Waals surface area (Å²) in [4.78, 5) is 39.2. The molecule has 2 N–H and O–H groups in total. The first-order valence-corrected chi connectivity index (χ1v) is 9.62. The van der Waals surface area contributed by atoms with Crippen LogP contribution < -0.4 is 15.7 Å². The molecule has 0 unspecified atom stereocenters. The fourth-order valence-electron chi connectivity index (χ4n) is 3.37. The first kappa shape index (κ1) is 20.2. The molecule has 158 valence electrons. The number of aromatic amines is 1. The van der Waals surface area contributed by atoms with Gasteiger partial charge in [0.1, 0.15) is 17.4 Å². The van der Waals surface area contributed by atoms with Gasteiger partial charge >= 0.3 is 11.6 Å². The number of H-pyrrole nitrogens is 1. The van der Waals surface area contributed by atoms with Gasteiger partial charge in [-0.1, -0.05) is 18.2 Å². The van der Waals surface area contributed by atoms with E-state index in [4.69, 9.17) is 13.9 Å². The highest BCUT2D eigenvalue weighted by Gasteiger charge is 2.23. The van der Waals surface area contributed by atoms with Crippen molar-refractivity contribution in [3.8, 4) is 5.75 Å². The van der Waals surface area contributed by atoms with Gasteiger partial charge in [-0.2, -0.15) is 0 Å². The molecule has 31 heavy (non-hydrogen) atoms. The molecule has 0 bridgehead atoms. The number of benzene rings is 2. The summed E-state index contributed by atoms with van der Waals surface area (Å²) >= 11 is 0. The summed E-state index contributed by atoms with van der Waals surface area (Å²) in [7, 11) is 1.27. The van der Waals surface area contributed by atoms with Gasteiger partial charge in [-0.25, -0.2) is 9.59 Å². The average Bonchev–Trinajstić information content (AvgIpc) is 3.19. The molecule has 0 spiro atoms. The van der Waals surface area contributed by atoms with Gasteiger partial charge in [0, 0.05) is 41.0 Å². The molecule has 2 aromatic heterocycles. The van der Waals surface area contributed by atoms with Crippen molar-refractivity contribution in [2.24, 2.45) is 0 Å². The third-order valence-corrected chi connectivity index (χ3v) is 4.88. The zero-order valence-electron chi connectivity index (χ0n) is 16.7. The van der Waals surface area contributed by atoms with Crippen LogP contribution in [0.2, 0.25) is 0 Å². The third-order valence-electron chi connectivity index (χ3n) is 4.88. The number of ether oxygens (including phenoxy) is 2. The summed E-state index contributed by atoms with van der Waals surface area (Å²) in [5.41, 5.74) is 1.72. The van der Waals surface area contributed by atoms with Crippen LogP contribution in [0.25, 0.3) is 21.9 Å². The summed E-state index contributed by atoms with van der Waals surface area (Å²) in [5.74, 6) is -0.667. The lowest BCUT2D eigenvalue weighted by Crippen LogP contribution is -2.44. The van der Waals surface area contributed by atoms with E-state index in [0.29, 0.717) is 11.3 Å². The van der Waals surface area contributed by atoms with Crippen molar-refractivity contribution >= 4 is 33.7 Å². The minimum absolute atomic E-state index is 0.267. The molecule has 4 rings (SSSR count). The van der Waals surface area contributed by atoms with E-state index in [-0.39, 0.29) is 13.0 Å². The highest BCUT2D eigenvalue weighted by atomic mass is 16.5. The molecule has 2 heterocycles. The number of aromatic nitrogens is 1. The Morgan fingerprint density at radius 2 is 1.94 bits per heavy atom. The highest BCUT2D eigenvalue weighted by Crippen LogP contribution is 2.20. The second-order valence-electron chi connectivity index (χ2n) is 6.95. The normalized spacial score (nSPS) is 11.9. The van der Waals surface area contributed by atoms with Crippen molar-refractivity contribution in [1.29, 1.82) is 0 Å². The molecule has 8 nitrogen and oxygen atoms in total. The number of hydrogen-bond donors (Lipinski definition) is 2. The number of carbonyl (C=O) groups excluding carboxylic acids is 2. The maximum Gasteiger partial charge on any atom is 0.336 e. The zero-order chi connectivity index (χ0) is 21.8. The maximum atomic E-state index is 12.4. The Labute approximate surface area is 176 Å². The van der Waals surface area contributed by atoms with E-state index in [9.17, 15) is 14.4 Å². The number of nitrogens with one attached hydrogen (secondary N) is 2. The Morgan fingerprint density at radius 1 is 1.13 bits per heavy atom. The lowest BCUT2D eigenvalue weighted by atomic mass is 10.0. The Balaban J connectivity index is 1.43. The van der Waals surface area contributed by atoms with Gasteiger partial charge < -0.3 is 24.2 Å². The van der Waals surface area contributed by atoms with Crippen LogP contribution in [-0.4, -0.2) is 36.6 Å². The van der Waals surface area contributed by atoms with Gasteiger partial charge in [0.25, 0.3) is 5.91 Å². The van der Waals surface area contributed by atoms with Crippen molar-refractivity contribution in [1.82, 2.24) is 10.3 Å². The van der Waals surface area contributed by atoms with Gasteiger partial charge in [-0.15, -0.1) is 0 Å². The summed E-state index contributed by atoms with van der Waals surface area (Å²) in [5, 5.41) is 4.37. The third kappa shape index (κ3) is 4.58. The van der Waals surface area contributed by atoms with Crippen molar-refractivity contribution in [3.05, 3.63) is 76.8 Å². The molecule has 0 radical (unpaired) electrons. The predicted octanol–water partition coefficient (Wildman–Crippen LogP) is 2.55. The van der Waals surface area contributed by atoms with Crippen LogP contribution in [0.1, 0.15) is 5.56 Å². The van der Waals surface area contributed by atoms with Crippen LogP contribution in [0.4, 0.5) is 0 Å². The highest BCUT2D eigenvalue weighted by molar-refractivity contribution is 5.87. The summed E-state index contributed by atoms with van der Waals surface area (Å²) in [6.07, 6.45) is 2.08. The number of methoxy groups -OCH3 is 1. The lowest BCUT2D eigenvalue weighted by Gasteiger charge is -2.16. The molecular weight excluding hydrogens is 400 g/mol. The van der Waals surface area contributed by atoms with E-state index < -0.39 is 23.5 Å². The topological polar surface area (TPSA) is 111 Å². The molecule has 4 aromatic rings. The van der Waals surface area contributed by atoms with Crippen LogP contribution >= 0.6 is 0 Å². The SMILES string of the molecule is COC(=O)[C@@H](Cc1c[nH]c2ccccc12)NC(=O)COc1ccc2ccc(=O)oc2c1. The molecule has 0 fully saturated rings. The van der Waals surface area contributed by atoms with Gasteiger partial charge in [-0.3, -0.25) is 4.79 Å². The Morgan fingerprint density at radius 3 is 2.77 bits per heavy atom. The fraction of sp³-hybridized carbons (Fsp3) is 0.174. The van der Waals surface area contributed by atoms with Gasteiger partial charge in [0.15, 0.2) is 6.61 Å². The van der Waals surface area contributed by atoms with Crippen LogP contribution in [0.3, 0.4) is 0 Å². The van der Waals surface area contributed by atoms with Crippen molar-refractivity contribution in [2.45, 2.75) is 12.5 Å². The summed E-state index contributed by atoms with van der Waals surface area (Å²) in [6.45, 7) is -0.316. The van der Waals surface area contributed by atoms with Crippen molar-refractivity contribution in [3.63, 3.8) is 0 Å². The quantitative estimate of drug-likeness (QED) is 0.351. The van der Waals surface area contributed by atoms with E-state index in [0.717, 1.165) is 21.9 Å². The molecule has 8 heteroatoms. The van der Waals surface area contributed by atoms with Crippen LogP contribution in [0.5, 0.6) is 5.75 Å². The van der Waals surface area contributed by atoms with E-state index in [2.05, 4.69) is 10.3 Å². The summed E-state index contributed by atoms with van der Waals surface area (Å²) in [6, 6.07) is 14.7. The molecule has 1 atom stereocenters. The minimum Gasteiger partial charge on any atom is -0.484 e. The van der Waals surface area contributed by atoms with E-state index in [1.807, 2.05) is 30.5 Å². The number of para-hydroxylation sites is 1. The van der Waals surface area contributed by atoms with Gasteiger partial charge in [-0.05, 0) is 29.8 Å². The molecule has 0 aliphatic carbocycles. The smallest absolute Gasteiger partial charge is 0.336 e. The molecule has 2 aromatic carbocycles. The van der Waals surface area contributed by atoms with Gasteiger partial charge in [0.05, 0.1) is 7.11 Å². The monoisotopic (exact) mass is 420 g/mol. The zero-order valence-corrected chi connectivity index (χ0v) is 16.7. The standard InChI is InChI=1S/C23H20N2O6/c1-29-23(28)19(10-15-12-24-18-5-3-2-4-17(15)18)25-21(26)13-30-16-8-6-14-7-9-22(27)31-20(14)11-16/h2-9,11-12,19,24H,10,13H2,1H3,(H,25,26)/t19-/m1/s1. The number of rotatable bonds is 7.